The van der Waals surface area contributed by atoms with Gasteiger partial charge in [0.1, 0.15) is 11.6 Å². The predicted molar refractivity (Wildman–Crippen MR) is 86.4 cm³/mol. The number of aryl methyl sites for hydroxylation is 1. The third-order valence-electron chi connectivity index (χ3n) is 3.03. The highest BCUT2D eigenvalue weighted by atomic mass is 32.2. The van der Waals surface area contributed by atoms with E-state index in [0.29, 0.717) is 5.92 Å². The van der Waals surface area contributed by atoms with E-state index >= 15 is 0 Å². The van der Waals surface area contributed by atoms with Crippen molar-refractivity contribution in [1.82, 2.24) is 9.97 Å². The van der Waals surface area contributed by atoms with Gasteiger partial charge in [-0.3, -0.25) is 0 Å². The molecular formula is C16H21N3S. The van der Waals surface area contributed by atoms with Gasteiger partial charge in [-0.2, -0.15) is 0 Å². The fourth-order valence-electron chi connectivity index (χ4n) is 1.79. The molecule has 0 saturated heterocycles. The summed E-state index contributed by atoms with van der Waals surface area (Å²) in [4.78, 5) is 10.4. The molecule has 0 radical (unpaired) electrons. The first-order valence-corrected chi connectivity index (χ1v) is 7.82. The molecule has 2 rings (SSSR count). The van der Waals surface area contributed by atoms with Crippen molar-refractivity contribution in [2.75, 3.05) is 12.4 Å². The van der Waals surface area contributed by atoms with Crippen molar-refractivity contribution in [2.45, 2.75) is 37.3 Å². The molecule has 1 aromatic carbocycles. The van der Waals surface area contributed by atoms with Crippen LogP contribution in [0.3, 0.4) is 0 Å². The second-order valence-corrected chi connectivity index (χ2v) is 6.15. The van der Waals surface area contributed by atoms with E-state index in [1.807, 2.05) is 13.1 Å². The third-order valence-corrected chi connectivity index (χ3v) is 4.04. The molecule has 4 heteroatoms. The van der Waals surface area contributed by atoms with Crippen LogP contribution in [0.15, 0.2) is 35.2 Å². The average molecular weight is 287 g/mol. The second-order valence-electron chi connectivity index (χ2n) is 5.10. The van der Waals surface area contributed by atoms with Gasteiger partial charge in [-0.25, -0.2) is 9.97 Å². The number of nitrogens with one attached hydrogen (secondary N) is 1. The van der Waals surface area contributed by atoms with Crippen molar-refractivity contribution in [3.63, 3.8) is 0 Å². The van der Waals surface area contributed by atoms with Crippen LogP contribution in [0.25, 0.3) is 0 Å². The zero-order chi connectivity index (χ0) is 14.5. The number of rotatable bonds is 5. The Morgan fingerprint density at radius 2 is 1.85 bits per heavy atom. The normalized spacial score (nSPS) is 10.8. The third kappa shape index (κ3) is 3.97. The highest BCUT2D eigenvalue weighted by Gasteiger charge is 2.07. The van der Waals surface area contributed by atoms with Crippen molar-refractivity contribution in [3.05, 3.63) is 47.4 Å². The van der Waals surface area contributed by atoms with E-state index in [-0.39, 0.29) is 0 Å². The van der Waals surface area contributed by atoms with Gasteiger partial charge in [0.25, 0.3) is 0 Å². The van der Waals surface area contributed by atoms with Gasteiger partial charge in [0.2, 0.25) is 0 Å². The van der Waals surface area contributed by atoms with E-state index < -0.39 is 0 Å². The zero-order valence-electron chi connectivity index (χ0n) is 12.5. The lowest BCUT2D eigenvalue weighted by atomic mass is 10.1. The lowest BCUT2D eigenvalue weighted by molar-refractivity contribution is 0.800. The maximum atomic E-state index is 4.64. The number of hydrogen-bond donors (Lipinski definition) is 1. The van der Waals surface area contributed by atoms with Crippen LogP contribution < -0.4 is 5.32 Å². The van der Waals surface area contributed by atoms with Crippen LogP contribution in [0.5, 0.6) is 0 Å². The van der Waals surface area contributed by atoms with Gasteiger partial charge in [0.15, 0.2) is 0 Å². The Labute approximate surface area is 125 Å². The molecule has 0 aliphatic rings. The Balaban J connectivity index is 2.12. The van der Waals surface area contributed by atoms with Crippen molar-refractivity contribution in [2.24, 2.45) is 0 Å². The van der Waals surface area contributed by atoms with Crippen molar-refractivity contribution >= 4 is 17.6 Å². The summed E-state index contributed by atoms with van der Waals surface area (Å²) in [6, 6.07) is 10.6. The zero-order valence-corrected chi connectivity index (χ0v) is 13.3. The fourth-order valence-corrected chi connectivity index (χ4v) is 2.54. The number of aromatic nitrogens is 2. The Morgan fingerprint density at radius 3 is 2.45 bits per heavy atom. The Hall–Kier alpha value is -1.55. The number of hydrogen-bond acceptors (Lipinski definition) is 4. The highest BCUT2D eigenvalue weighted by molar-refractivity contribution is 7.98. The highest BCUT2D eigenvalue weighted by Crippen LogP contribution is 2.23. The van der Waals surface area contributed by atoms with Crippen LogP contribution in [0.2, 0.25) is 0 Å². The lowest BCUT2D eigenvalue weighted by Crippen LogP contribution is -2.04. The van der Waals surface area contributed by atoms with Crippen molar-refractivity contribution in [1.29, 1.82) is 0 Å². The minimum absolute atomic E-state index is 0.410. The van der Waals surface area contributed by atoms with E-state index in [1.165, 1.54) is 10.5 Å². The van der Waals surface area contributed by atoms with Crippen LogP contribution in [0.4, 0.5) is 5.82 Å². The maximum Gasteiger partial charge on any atom is 0.141 e. The molecule has 0 aliphatic heterocycles. The number of benzene rings is 1. The molecule has 0 spiro atoms. The van der Waals surface area contributed by atoms with Gasteiger partial charge >= 0.3 is 0 Å². The molecule has 2 aromatic rings. The number of thioether (sulfide) groups is 1. The van der Waals surface area contributed by atoms with Gasteiger partial charge < -0.3 is 5.32 Å². The lowest BCUT2D eigenvalue weighted by Gasteiger charge is -2.10. The second kappa shape index (κ2) is 6.75. The van der Waals surface area contributed by atoms with Crippen molar-refractivity contribution in [3.8, 4) is 0 Å². The molecule has 3 nitrogen and oxygen atoms in total. The van der Waals surface area contributed by atoms with Gasteiger partial charge in [0.05, 0.1) is 5.75 Å². The molecule has 1 aromatic heterocycles. The van der Waals surface area contributed by atoms with Gasteiger partial charge in [0, 0.05) is 23.7 Å². The standard InChI is InChI=1S/C16H21N3S/c1-11(2)14-9-15(17-4)19-16(18-14)10-20-13-7-5-12(3)6-8-13/h5-9,11H,10H2,1-4H3,(H,17,18,19). The summed E-state index contributed by atoms with van der Waals surface area (Å²) in [5.41, 5.74) is 2.37. The van der Waals surface area contributed by atoms with Crippen molar-refractivity contribution < 1.29 is 0 Å². The quantitative estimate of drug-likeness (QED) is 0.835. The summed E-state index contributed by atoms with van der Waals surface area (Å²) in [7, 11) is 1.89. The molecule has 0 amide bonds. The van der Waals surface area contributed by atoms with Crippen LogP contribution in [-0.2, 0) is 5.75 Å². The molecule has 1 N–H and O–H groups in total. The van der Waals surface area contributed by atoms with E-state index in [1.54, 1.807) is 11.8 Å². The topological polar surface area (TPSA) is 37.8 Å². The van der Waals surface area contributed by atoms with E-state index in [9.17, 15) is 0 Å². The largest absolute Gasteiger partial charge is 0.373 e. The van der Waals surface area contributed by atoms with Crippen LogP contribution in [0, 0.1) is 6.92 Å². The minimum Gasteiger partial charge on any atom is -0.373 e. The molecule has 0 atom stereocenters. The first kappa shape index (κ1) is 14.9. The summed E-state index contributed by atoms with van der Waals surface area (Å²) in [5.74, 6) is 2.97. The first-order valence-electron chi connectivity index (χ1n) is 6.83. The SMILES string of the molecule is CNc1cc(C(C)C)nc(CSc2ccc(C)cc2)n1. The molecule has 0 aliphatic carbocycles. The Morgan fingerprint density at radius 1 is 1.15 bits per heavy atom. The molecule has 0 saturated carbocycles. The predicted octanol–water partition coefficient (Wildman–Crippen LogP) is 4.24. The molecule has 106 valence electrons. The molecule has 0 bridgehead atoms. The molecule has 20 heavy (non-hydrogen) atoms. The van der Waals surface area contributed by atoms with Crippen LogP contribution >= 0.6 is 11.8 Å². The average Bonchev–Trinajstić information content (AvgIpc) is 2.46. The maximum absolute atomic E-state index is 4.64. The summed E-state index contributed by atoms with van der Waals surface area (Å²) < 4.78 is 0. The molecule has 0 fully saturated rings. The Bertz CT molecular complexity index is 564. The minimum atomic E-state index is 0.410. The smallest absolute Gasteiger partial charge is 0.141 e. The van der Waals surface area contributed by atoms with E-state index in [2.05, 4.69) is 60.3 Å². The van der Waals surface area contributed by atoms with Gasteiger partial charge in [-0.05, 0) is 25.0 Å². The number of anilines is 1. The summed E-state index contributed by atoms with van der Waals surface area (Å²) in [5, 5.41) is 3.11. The van der Waals surface area contributed by atoms with Crippen LogP contribution in [-0.4, -0.2) is 17.0 Å². The summed E-state index contributed by atoms with van der Waals surface area (Å²) >= 11 is 1.77. The Kier molecular flexibility index (Phi) is 5.01. The van der Waals surface area contributed by atoms with Crippen LogP contribution in [0.1, 0.15) is 36.8 Å². The van der Waals surface area contributed by atoms with Gasteiger partial charge in [-0.15, -0.1) is 11.8 Å². The first-order chi connectivity index (χ1) is 9.58. The van der Waals surface area contributed by atoms with E-state index in [4.69, 9.17) is 0 Å². The fraction of sp³-hybridized carbons (Fsp3) is 0.375. The summed E-state index contributed by atoms with van der Waals surface area (Å²) in [6.07, 6.45) is 0. The number of nitrogens with zero attached hydrogens (tertiary/aromatic N) is 2. The molecular weight excluding hydrogens is 266 g/mol. The van der Waals surface area contributed by atoms with E-state index in [0.717, 1.165) is 23.1 Å². The monoisotopic (exact) mass is 287 g/mol. The molecule has 0 unspecified atom stereocenters. The molecule has 1 heterocycles. The summed E-state index contributed by atoms with van der Waals surface area (Å²) in [6.45, 7) is 6.40. The van der Waals surface area contributed by atoms with Gasteiger partial charge in [-0.1, -0.05) is 31.5 Å².